The first-order chi connectivity index (χ1) is 7.93. The van der Waals surface area contributed by atoms with Crippen molar-refractivity contribution in [1.29, 1.82) is 0 Å². The molecule has 0 aliphatic carbocycles. The van der Waals surface area contributed by atoms with E-state index in [1.165, 1.54) is 0 Å². The molecule has 0 aromatic rings. The minimum atomic E-state index is -2.89. The Hall–Kier alpha value is -0.620. The summed E-state index contributed by atoms with van der Waals surface area (Å²) in [7, 11) is -2.89. The van der Waals surface area contributed by atoms with Gasteiger partial charge in [-0.1, -0.05) is 13.8 Å². The van der Waals surface area contributed by atoms with Crippen molar-refractivity contribution in [2.75, 3.05) is 24.6 Å². The molecule has 0 spiro atoms. The first kappa shape index (κ1) is 16.4. The fourth-order valence-electron chi connectivity index (χ4n) is 1.25. The number of amides is 1. The van der Waals surface area contributed by atoms with Crippen molar-refractivity contribution < 1.29 is 13.2 Å². The summed E-state index contributed by atoms with van der Waals surface area (Å²) in [6, 6.07) is -0.272. The van der Waals surface area contributed by atoms with Crippen LogP contribution in [0.2, 0.25) is 0 Å². The number of carbonyl (C=O) groups excluding carboxylic acids is 1. The van der Waals surface area contributed by atoms with E-state index in [4.69, 9.17) is 0 Å². The van der Waals surface area contributed by atoms with Gasteiger partial charge in [0.25, 0.3) is 0 Å². The van der Waals surface area contributed by atoms with E-state index < -0.39 is 9.84 Å². The summed E-state index contributed by atoms with van der Waals surface area (Å²) in [5.41, 5.74) is 0. The summed E-state index contributed by atoms with van der Waals surface area (Å²) < 4.78 is 22.4. The average molecular weight is 264 g/mol. The molecule has 0 aromatic heterocycles. The molecule has 2 N–H and O–H groups in total. The van der Waals surface area contributed by atoms with Gasteiger partial charge in [0, 0.05) is 12.3 Å². The van der Waals surface area contributed by atoms with E-state index in [-0.39, 0.29) is 23.5 Å². The van der Waals surface area contributed by atoms with Crippen molar-refractivity contribution in [2.45, 2.75) is 39.7 Å². The van der Waals surface area contributed by atoms with Crippen molar-refractivity contribution in [3.8, 4) is 0 Å². The van der Waals surface area contributed by atoms with Gasteiger partial charge in [-0.3, -0.25) is 4.79 Å². The molecule has 0 bridgehead atoms. The highest BCUT2D eigenvalue weighted by molar-refractivity contribution is 7.91. The predicted molar refractivity (Wildman–Crippen MR) is 69.7 cm³/mol. The van der Waals surface area contributed by atoms with Gasteiger partial charge < -0.3 is 10.6 Å². The lowest BCUT2D eigenvalue weighted by molar-refractivity contribution is -0.122. The highest BCUT2D eigenvalue weighted by atomic mass is 32.2. The Balaban J connectivity index is 3.71. The third-order valence-corrected chi connectivity index (χ3v) is 4.26. The van der Waals surface area contributed by atoms with Gasteiger partial charge in [0.1, 0.15) is 9.84 Å². The van der Waals surface area contributed by atoms with E-state index in [1.54, 1.807) is 13.8 Å². The maximum atomic E-state index is 11.5. The third kappa shape index (κ3) is 8.15. The summed E-state index contributed by atoms with van der Waals surface area (Å²) in [5.74, 6) is 0.324. The number of rotatable bonds is 9. The molecule has 1 amide bonds. The highest BCUT2D eigenvalue weighted by Gasteiger charge is 2.11. The Bertz CT molecular complexity index is 315. The molecule has 0 saturated carbocycles. The normalized spacial score (nSPS) is 13.4. The lowest BCUT2D eigenvalue weighted by Gasteiger charge is -2.13. The molecular weight excluding hydrogens is 240 g/mol. The van der Waals surface area contributed by atoms with Crippen LogP contribution in [0.5, 0.6) is 0 Å². The Morgan fingerprint density at radius 1 is 1.24 bits per heavy atom. The second-order valence-corrected chi connectivity index (χ2v) is 6.53. The summed E-state index contributed by atoms with van der Waals surface area (Å²) >= 11 is 0. The molecule has 6 heteroatoms. The highest BCUT2D eigenvalue weighted by Crippen LogP contribution is 1.93. The van der Waals surface area contributed by atoms with E-state index >= 15 is 0 Å². The zero-order chi connectivity index (χ0) is 13.3. The van der Waals surface area contributed by atoms with Crippen LogP contribution in [0.25, 0.3) is 0 Å². The smallest absolute Gasteiger partial charge is 0.236 e. The fraction of sp³-hybridized carbons (Fsp3) is 0.909. The van der Waals surface area contributed by atoms with Gasteiger partial charge in [-0.25, -0.2) is 8.42 Å². The van der Waals surface area contributed by atoms with E-state index in [2.05, 4.69) is 10.6 Å². The van der Waals surface area contributed by atoms with Gasteiger partial charge in [-0.2, -0.15) is 0 Å². The maximum Gasteiger partial charge on any atom is 0.236 e. The minimum absolute atomic E-state index is 0.0369. The van der Waals surface area contributed by atoms with Crippen molar-refractivity contribution >= 4 is 15.7 Å². The first-order valence-electron chi connectivity index (χ1n) is 6.14. The van der Waals surface area contributed by atoms with Gasteiger partial charge in [-0.15, -0.1) is 0 Å². The average Bonchev–Trinajstić information content (AvgIpc) is 2.31. The molecule has 0 heterocycles. The summed E-state index contributed by atoms with van der Waals surface area (Å²) in [5, 5.41) is 5.79. The van der Waals surface area contributed by atoms with Crippen molar-refractivity contribution in [3.05, 3.63) is 0 Å². The van der Waals surface area contributed by atoms with E-state index in [0.717, 1.165) is 6.42 Å². The lowest BCUT2D eigenvalue weighted by atomic mass is 10.3. The van der Waals surface area contributed by atoms with Crippen LogP contribution in [-0.2, 0) is 14.6 Å². The van der Waals surface area contributed by atoms with Crippen LogP contribution in [-0.4, -0.2) is 45.0 Å². The molecule has 0 aliphatic rings. The molecule has 0 aliphatic heterocycles. The zero-order valence-corrected chi connectivity index (χ0v) is 11.8. The van der Waals surface area contributed by atoms with Crippen LogP contribution in [0, 0.1) is 0 Å². The van der Waals surface area contributed by atoms with Gasteiger partial charge in [-0.05, 0) is 26.3 Å². The third-order valence-electron chi connectivity index (χ3n) is 2.46. The Morgan fingerprint density at radius 2 is 1.88 bits per heavy atom. The lowest BCUT2D eigenvalue weighted by Crippen LogP contribution is -2.43. The summed E-state index contributed by atoms with van der Waals surface area (Å²) in [4.78, 5) is 11.5. The molecular formula is C11H24N2O3S. The zero-order valence-electron chi connectivity index (χ0n) is 11.0. The van der Waals surface area contributed by atoms with Crippen LogP contribution < -0.4 is 10.6 Å². The van der Waals surface area contributed by atoms with Gasteiger partial charge >= 0.3 is 0 Å². The molecule has 0 rings (SSSR count). The first-order valence-corrected chi connectivity index (χ1v) is 7.96. The Morgan fingerprint density at radius 3 is 2.41 bits per heavy atom. The quantitative estimate of drug-likeness (QED) is 0.588. The van der Waals surface area contributed by atoms with Crippen LogP contribution in [0.3, 0.4) is 0 Å². The molecule has 1 unspecified atom stereocenters. The number of hydrogen-bond acceptors (Lipinski definition) is 4. The molecule has 0 fully saturated rings. The minimum Gasteiger partial charge on any atom is -0.355 e. The number of carbonyl (C=O) groups is 1. The van der Waals surface area contributed by atoms with E-state index in [1.807, 2.05) is 6.92 Å². The van der Waals surface area contributed by atoms with Crippen molar-refractivity contribution in [3.63, 3.8) is 0 Å². The Labute approximate surface area is 104 Å². The maximum absolute atomic E-state index is 11.5. The molecule has 1 atom stereocenters. The van der Waals surface area contributed by atoms with Gasteiger partial charge in [0.2, 0.25) is 5.91 Å². The summed E-state index contributed by atoms with van der Waals surface area (Å²) in [6.45, 7) is 6.63. The standard InChI is InChI=1S/C11H24N2O3S/c1-4-7-13-11(14)10(3)12-8-6-9-17(15,16)5-2/h10,12H,4-9H2,1-3H3,(H,13,14). The second-order valence-electron chi connectivity index (χ2n) is 4.06. The van der Waals surface area contributed by atoms with Crippen LogP contribution in [0.4, 0.5) is 0 Å². The van der Waals surface area contributed by atoms with E-state index in [0.29, 0.717) is 19.5 Å². The molecule has 17 heavy (non-hydrogen) atoms. The molecule has 0 saturated heterocycles. The molecule has 102 valence electrons. The topological polar surface area (TPSA) is 75.3 Å². The fourth-order valence-corrected chi connectivity index (χ4v) is 2.12. The van der Waals surface area contributed by atoms with Crippen molar-refractivity contribution in [1.82, 2.24) is 10.6 Å². The predicted octanol–water partition coefficient (Wildman–Crippen LogP) is 0.316. The van der Waals surface area contributed by atoms with E-state index in [9.17, 15) is 13.2 Å². The van der Waals surface area contributed by atoms with Crippen molar-refractivity contribution in [2.24, 2.45) is 0 Å². The number of hydrogen-bond donors (Lipinski definition) is 2. The van der Waals surface area contributed by atoms with Crippen LogP contribution in [0.15, 0.2) is 0 Å². The van der Waals surface area contributed by atoms with Crippen LogP contribution >= 0.6 is 0 Å². The summed E-state index contributed by atoms with van der Waals surface area (Å²) in [6.07, 6.45) is 1.45. The largest absolute Gasteiger partial charge is 0.355 e. The monoisotopic (exact) mass is 264 g/mol. The number of sulfone groups is 1. The molecule has 0 radical (unpaired) electrons. The Kier molecular flexibility index (Phi) is 8.16. The SMILES string of the molecule is CCCNC(=O)C(C)NCCCS(=O)(=O)CC. The van der Waals surface area contributed by atoms with Gasteiger partial charge in [0.05, 0.1) is 11.8 Å². The van der Waals surface area contributed by atoms with Crippen LogP contribution in [0.1, 0.15) is 33.6 Å². The second kappa shape index (κ2) is 8.47. The molecule has 0 aromatic carbocycles. The van der Waals surface area contributed by atoms with Gasteiger partial charge in [0.15, 0.2) is 0 Å². The number of nitrogens with one attached hydrogen (secondary N) is 2. The molecule has 5 nitrogen and oxygen atoms in total.